The average Bonchev–Trinajstić information content (AvgIpc) is 1.38. The van der Waals surface area contributed by atoms with E-state index in [1.165, 1.54) is 4.41 Å². The zero-order valence-corrected chi connectivity index (χ0v) is 6.08. The molecule has 0 aliphatic rings. The molecule has 0 atom stereocenters. The molecule has 0 unspecified atom stereocenters. The molecule has 0 aromatic rings. The van der Waals surface area contributed by atoms with E-state index in [4.69, 9.17) is 0 Å². The molecule has 0 nitrogen and oxygen atoms in total. The van der Waals surface area contributed by atoms with Crippen molar-refractivity contribution < 1.29 is 0 Å². The monoisotopic (exact) mass is 130 g/mol. The van der Waals surface area contributed by atoms with Crippen molar-refractivity contribution in [3.8, 4) is 0 Å². The molecule has 0 amide bonds. The third-order valence-corrected chi connectivity index (χ3v) is 1.15. The fourth-order valence-corrected chi connectivity index (χ4v) is 0. The van der Waals surface area contributed by atoms with Crippen LogP contribution in [0.3, 0.4) is 0 Å². The predicted octanol–water partition coefficient (Wildman–Crippen LogP) is 0.811. The van der Waals surface area contributed by atoms with E-state index in [0.29, 0.717) is 0 Å². The molecule has 0 spiro atoms. The number of hydrogen-bond donors (Lipinski definition) is 0. The first-order chi connectivity index (χ1) is 2.27. The van der Waals surface area contributed by atoms with Crippen LogP contribution >= 0.6 is 0 Å². The Morgan fingerprint density at radius 1 is 1.80 bits per heavy atom. The zero-order valence-electron chi connectivity index (χ0n) is 3.65. The van der Waals surface area contributed by atoms with Gasteiger partial charge in [-0.2, -0.15) is 0 Å². The summed E-state index contributed by atoms with van der Waals surface area (Å²) in [7, 11) is 0. The van der Waals surface area contributed by atoms with E-state index in [-0.39, 0.29) is 0 Å². The molecule has 5 heavy (non-hydrogen) atoms. The van der Waals surface area contributed by atoms with Crippen LogP contribution in [0, 0.1) is 0 Å². The van der Waals surface area contributed by atoms with Crippen LogP contribution in [0.4, 0.5) is 0 Å². The quantitative estimate of drug-likeness (QED) is 0.424. The van der Waals surface area contributed by atoms with Gasteiger partial charge < -0.3 is 0 Å². The second-order valence-corrected chi connectivity index (χ2v) is 2.94. The molecule has 0 aliphatic heterocycles. The number of hydrogen-bond acceptors (Lipinski definition) is 0. The summed E-state index contributed by atoms with van der Waals surface area (Å²) in [5.74, 6) is 0. The molecule has 2 radical (unpaired) electrons. The Morgan fingerprint density at radius 3 is 2.00 bits per heavy atom. The molecule has 0 saturated carbocycles. The molecular formula is C4H8Ge. The zero-order chi connectivity index (χ0) is 4.28. The van der Waals surface area contributed by atoms with Crippen molar-refractivity contribution >= 4 is 16.5 Å². The number of rotatable bonds is 0. The molecule has 1 heteroatoms. The van der Waals surface area contributed by atoms with Gasteiger partial charge >= 0.3 is 40.8 Å². The Kier molecular flexibility index (Phi) is 2.66. The van der Waals surface area contributed by atoms with Crippen LogP contribution in [0.15, 0.2) is 10.5 Å². The summed E-state index contributed by atoms with van der Waals surface area (Å²) < 4.78 is 1.44. The van der Waals surface area contributed by atoms with Crippen molar-refractivity contribution in [2.75, 3.05) is 0 Å². The van der Waals surface area contributed by atoms with Crippen molar-refractivity contribution in [3.63, 3.8) is 0 Å². The first kappa shape index (κ1) is 5.28. The molecule has 0 aromatic heterocycles. The van der Waals surface area contributed by atoms with Gasteiger partial charge in [-0.05, 0) is 0 Å². The topological polar surface area (TPSA) is 0 Å². The molecule has 0 aromatic carbocycles. The van der Waals surface area contributed by atoms with Crippen LogP contribution in [-0.2, 0) is 0 Å². The van der Waals surface area contributed by atoms with E-state index < -0.39 is 0 Å². The van der Waals surface area contributed by atoms with Crippen molar-refractivity contribution in [2.45, 2.75) is 13.8 Å². The van der Waals surface area contributed by atoms with Gasteiger partial charge in [-0.1, -0.05) is 0 Å². The fourth-order valence-electron chi connectivity index (χ4n) is 0. The second kappa shape index (κ2) is 2.52. The average molecular weight is 129 g/mol. The third kappa shape index (κ3) is 4.28. The van der Waals surface area contributed by atoms with Crippen LogP contribution in [0.5, 0.6) is 0 Å². The maximum absolute atomic E-state index is 2.11. The van der Waals surface area contributed by atoms with Gasteiger partial charge in [0.05, 0.1) is 0 Å². The van der Waals surface area contributed by atoms with Gasteiger partial charge in [-0.25, -0.2) is 0 Å². The van der Waals surface area contributed by atoms with Crippen LogP contribution in [0.1, 0.15) is 13.8 Å². The van der Waals surface area contributed by atoms with Crippen LogP contribution in [0.2, 0.25) is 0 Å². The summed E-state index contributed by atoms with van der Waals surface area (Å²) in [5.41, 5.74) is 0. The van der Waals surface area contributed by atoms with Crippen LogP contribution in [0.25, 0.3) is 0 Å². The van der Waals surface area contributed by atoms with Crippen molar-refractivity contribution in [2.24, 2.45) is 0 Å². The van der Waals surface area contributed by atoms with E-state index in [9.17, 15) is 0 Å². The summed E-state index contributed by atoms with van der Waals surface area (Å²) in [5, 5.41) is 0. The van der Waals surface area contributed by atoms with Crippen molar-refractivity contribution in [3.05, 3.63) is 10.5 Å². The minimum absolute atomic E-state index is 1.44. The molecule has 0 aliphatic carbocycles. The normalized spacial score (nSPS) is 12.2. The Morgan fingerprint density at radius 2 is 2.00 bits per heavy atom. The van der Waals surface area contributed by atoms with Crippen LogP contribution in [-0.4, -0.2) is 16.5 Å². The minimum atomic E-state index is 1.44. The van der Waals surface area contributed by atoms with Gasteiger partial charge in [0.1, 0.15) is 0 Å². The summed E-state index contributed by atoms with van der Waals surface area (Å²) in [4.78, 5) is 0. The van der Waals surface area contributed by atoms with E-state index in [1.54, 1.807) is 16.5 Å². The van der Waals surface area contributed by atoms with Gasteiger partial charge in [-0.15, -0.1) is 0 Å². The van der Waals surface area contributed by atoms with Crippen LogP contribution < -0.4 is 0 Å². The van der Waals surface area contributed by atoms with Gasteiger partial charge in [0.2, 0.25) is 0 Å². The molecular weight excluding hydrogens is 121 g/mol. The van der Waals surface area contributed by atoms with Gasteiger partial charge in [0.15, 0.2) is 0 Å². The Bertz CT molecular complexity index is 41.6. The van der Waals surface area contributed by atoms with E-state index in [0.717, 1.165) is 0 Å². The standard InChI is InChI=1S/C4H8Ge/c1-3-4(2)5/h3,5H,1-2H3/b4-3+. The second-order valence-electron chi connectivity index (χ2n) is 1.03. The molecule has 0 bridgehead atoms. The van der Waals surface area contributed by atoms with Gasteiger partial charge in [0, 0.05) is 0 Å². The van der Waals surface area contributed by atoms with E-state index in [2.05, 4.69) is 19.9 Å². The molecule has 0 heterocycles. The van der Waals surface area contributed by atoms with Crippen molar-refractivity contribution in [1.82, 2.24) is 0 Å². The first-order valence-electron chi connectivity index (χ1n) is 1.65. The van der Waals surface area contributed by atoms with E-state index >= 15 is 0 Å². The molecule has 28 valence electrons. The SMILES string of the molecule is C/C=[C](\C)[GeH]. The Balaban J connectivity index is 3.14. The first-order valence-corrected chi connectivity index (χ1v) is 2.87. The summed E-state index contributed by atoms with van der Waals surface area (Å²) >= 11 is 1.70. The molecule has 0 rings (SSSR count). The molecule has 0 N–H and O–H groups in total. The number of allylic oxidation sites excluding steroid dienone is 2. The van der Waals surface area contributed by atoms with Crippen molar-refractivity contribution in [1.29, 1.82) is 0 Å². The van der Waals surface area contributed by atoms with Gasteiger partial charge in [0.25, 0.3) is 0 Å². The summed E-state index contributed by atoms with van der Waals surface area (Å²) in [6, 6.07) is 0. The Hall–Kier alpha value is 0.283. The third-order valence-electron chi connectivity index (χ3n) is 0.455. The fraction of sp³-hybridized carbons (Fsp3) is 0.500. The molecule has 0 saturated heterocycles. The molecule has 0 fully saturated rings. The maximum atomic E-state index is 2.11. The summed E-state index contributed by atoms with van der Waals surface area (Å²) in [6.45, 7) is 4.16. The summed E-state index contributed by atoms with van der Waals surface area (Å²) in [6.07, 6.45) is 2.11. The predicted molar refractivity (Wildman–Crippen MR) is 26.6 cm³/mol. The van der Waals surface area contributed by atoms with E-state index in [1.807, 2.05) is 0 Å². The Labute approximate surface area is 41.5 Å². The van der Waals surface area contributed by atoms with Gasteiger partial charge in [-0.3, -0.25) is 0 Å².